The van der Waals surface area contributed by atoms with Gasteiger partial charge in [-0.2, -0.15) is 0 Å². The van der Waals surface area contributed by atoms with E-state index in [1.54, 1.807) is 6.07 Å². The van der Waals surface area contributed by atoms with Crippen LogP contribution in [0.4, 0.5) is 5.69 Å². The van der Waals surface area contributed by atoms with Crippen molar-refractivity contribution in [1.82, 2.24) is 4.90 Å². The second kappa shape index (κ2) is 8.84. The molecule has 2 aliphatic heterocycles. The smallest absolute Gasteiger partial charge is 0.224 e. The lowest BCUT2D eigenvalue weighted by molar-refractivity contribution is -0.116. The van der Waals surface area contributed by atoms with Crippen LogP contribution in [0.5, 0.6) is 0 Å². The van der Waals surface area contributed by atoms with Gasteiger partial charge in [-0.1, -0.05) is 23.7 Å². The summed E-state index contributed by atoms with van der Waals surface area (Å²) in [4.78, 5) is 14.6. The number of hydrogen-bond donors (Lipinski definition) is 1. The monoisotopic (exact) mass is 350 g/mol. The molecule has 1 amide bonds. The lowest BCUT2D eigenvalue weighted by Gasteiger charge is -2.33. The van der Waals surface area contributed by atoms with Gasteiger partial charge >= 0.3 is 0 Å². The number of benzene rings is 1. The number of nitrogens with one attached hydrogen (secondary N) is 1. The fourth-order valence-electron chi connectivity index (χ4n) is 3.64. The number of amides is 1. The maximum Gasteiger partial charge on any atom is 0.224 e. The molecule has 0 bridgehead atoms. The summed E-state index contributed by atoms with van der Waals surface area (Å²) in [6.45, 7) is 4.29. The third-order valence-corrected chi connectivity index (χ3v) is 5.45. The Morgan fingerprint density at radius 3 is 2.75 bits per heavy atom. The van der Waals surface area contributed by atoms with Gasteiger partial charge in [0.15, 0.2) is 0 Å². The molecule has 5 heteroatoms. The summed E-state index contributed by atoms with van der Waals surface area (Å²) in [6.07, 6.45) is 6.77. The Morgan fingerprint density at radius 1 is 1.25 bits per heavy atom. The number of para-hydroxylation sites is 1. The average molecular weight is 351 g/mol. The zero-order chi connectivity index (χ0) is 16.8. The standard InChI is InChI=1S/C19H27ClN2O2/c20-17-5-1-2-6-18(17)21-19(23)8-7-15-9-11-22(12-10-15)14-16-4-3-13-24-16/h1-2,5-6,15-16H,3-4,7-14H2,(H,21,23)/t16-/m1/s1. The minimum absolute atomic E-state index is 0.0601. The Labute approximate surface area is 149 Å². The zero-order valence-electron chi connectivity index (χ0n) is 14.2. The molecule has 24 heavy (non-hydrogen) atoms. The van der Waals surface area contributed by atoms with E-state index < -0.39 is 0 Å². The molecule has 0 aromatic heterocycles. The van der Waals surface area contributed by atoms with Crippen molar-refractivity contribution in [2.75, 3.05) is 31.6 Å². The lowest BCUT2D eigenvalue weighted by Crippen LogP contribution is -2.38. The van der Waals surface area contributed by atoms with Crippen molar-refractivity contribution < 1.29 is 9.53 Å². The number of rotatable bonds is 6. The molecule has 0 unspecified atom stereocenters. The predicted molar refractivity (Wildman–Crippen MR) is 97.5 cm³/mol. The van der Waals surface area contributed by atoms with Crippen molar-refractivity contribution in [2.24, 2.45) is 5.92 Å². The molecule has 0 aliphatic carbocycles. The number of carbonyl (C=O) groups excluding carboxylic acids is 1. The Morgan fingerprint density at radius 2 is 2.04 bits per heavy atom. The van der Waals surface area contributed by atoms with E-state index in [1.807, 2.05) is 18.2 Å². The molecular formula is C19H27ClN2O2. The van der Waals surface area contributed by atoms with E-state index in [2.05, 4.69) is 10.2 Å². The van der Waals surface area contributed by atoms with E-state index in [0.717, 1.165) is 32.7 Å². The molecule has 2 saturated heterocycles. The fourth-order valence-corrected chi connectivity index (χ4v) is 3.83. The van der Waals surface area contributed by atoms with Gasteiger partial charge in [-0.15, -0.1) is 0 Å². The minimum atomic E-state index is 0.0601. The highest BCUT2D eigenvalue weighted by Crippen LogP contribution is 2.25. The van der Waals surface area contributed by atoms with E-state index in [-0.39, 0.29) is 5.91 Å². The van der Waals surface area contributed by atoms with E-state index >= 15 is 0 Å². The molecule has 0 spiro atoms. The van der Waals surface area contributed by atoms with Gasteiger partial charge in [0.25, 0.3) is 0 Å². The largest absolute Gasteiger partial charge is 0.377 e. The molecule has 1 aromatic rings. The van der Waals surface area contributed by atoms with Crippen LogP contribution in [0.1, 0.15) is 38.5 Å². The quantitative estimate of drug-likeness (QED) is 0.844. The highest BCUT2D eigenvalue weighted by atomic mass is 35.5. The third kappa shape index (κ3) is 5.20. The van der Waals surface area contributed by atoms with E-state index in [4.69, 9.17) is 16.3 Å². The molecule has 1 aromatic carbocycles. The second-order valence-electron chi connectivity index (χ2n) is 6.95. The average Bonchev–Trinajstić information content (AvgIpc) is 3.09. The summed E-state index contributed by atoms with van der Waals surface area (Å²) in [5.41, 5.74) is 0.704. The van der Waals surface area contributed by atoms with Crippen LogP contribution in [0.2, 0.25) is 5.02 Å². The van der Waals surface area contributed by atoms with E-state index in [0.29, 0.717) is 29.2 Å². The lowest BCUT2D eigenvalue weighted by atomic mass is 9.92. The van der Waals surface area contributed by atoms with Crippen LogP contribution in [-0.2, 0) is 9.53 Å². The predicted octanol–water partition coefficient (Wildman–Crippen LogP) is 3.95. The number of piperidine rings is 1. The van der Waals surface area contributed by atoms with Gasteiger partial charge in [-0.05, 0) is 63.2 Å². The second-order valence-corrected chi connectivity index (χ2v) is 7.35. The third-order valence-electron chi connectivity index (χ3n) is 5.12. The molecule has 0 saturated carbocycles. The maximum atomic E-state index is 12.1. The van der Waals surface area contributed by atoms with Crippen molar-refractivity contribution in [3.63, 3.8) is 0 Å². The fraction of sp³-hybridized carbons (Fsp3) is 0.632. The number of likely N-dealkylation sites (tertiary alicyclic amines) is 1. The summed E-state index contributed by atoms with van der Waals surface area (Å²) >= 11 is 6.07. The zero-order valence-corrected chi connectivity index (χ0v) is 14.9. The summed E-state index contributed by atoms with van der Waals surface area (Å²) in [6, 6.07) is 7.37. The molecule has 132 valence electrons. The van der Waals surface area contributed by atoms with Gasteiger partial charge in [0.2, 0.25) is 5.91 Å². The van der Waals surface area contributed by atoms with Crippen LogP contribution in [0.3, 0.4) is 0 Å². The number of anilines is 1. The Hall–Kier alpha value is -1.10. The molecular weight excluding hydrogens is 324 g/mol. The number of hydrogen-bond acceptors (Lipinski definition) is 3. The van der Waals surface area contributed by atoms with Gasteiger partial charge in [-0.25, -0.2) is 0 Å². The first kappa shape index (κ1) is 17.7. The van der Waals surface area contributed by atoms with Gasteiger partial charge in [0.05, 0.1) is 16.8 Å². The molecule has 2 fully saturated rings. The van der Waals surface area contributed by atoms with Crippen molar-refractivity contribution in [1.29, 1.82) is 0 Å². The summed E-state index contributed by atoms with van der Waals surface area (Å²) in [5.74, 6) is 0.715. The highest BCUT2D eigenvalue weighted by Gasteiger charge is 2.24. The van der Waals surface area contributed by atoms with Crippen LogP contribution in [0, 0.1) is 5.92 Å². The van der Waals surface area contributed by atoms with Crippen LogP contribution in [-0.4, -0.2) is 43.2 Å². The minimum Gasteiger partial charge on any atom is -0.377 e. The molecule has 2 heterocycles. The molecule has 3 rings (SSSR count). The maximum absolute atomic E-state index is 12.1. The van der Waals surface area contributed by atoms with Crippen molar-refractivity contribution in [3.05, 3.63) is 29.3 Å². The SMILES string of the molecule is O=C(CCC1CCN(C[C@H]2CCCO2)CC1)Nc1ccccc1Cl. The number of ether oxygens (including phenoxy) is 1. The van der Waals surface area contributed by atoms with Gasteiger partial charge in [-0.3, -0.25) is 4.79 Å². The summed E-state index contributed by atoms with van der Waals surface area (Å²) in [7, 11) is 0. The van der Waals surface area contributed by atoms with Crippen molar-refractivity contribution in [2.45, 2.75) is 44.6 Å². The number of nitrogens with zero attached hydrogens (tertiary/aromatic N) is 1. The molecule has 0 radical (unpaired) electrons. The molecule has 4 nitrogen and oxygen atoms in total. The molecule has 2 aliphatic rings. The highest BCUT2D eigenvalue weighted by molar-refractivity contribution is 6.33. The van der Waals surface area contributed by atoms with E-state index in [9.17, 15) is 4.79 Å². The van der Waals surface area contributed by atoms with Crippen LogP contribution < -0.4 is 5.32 Å². The Balaban J connectivity index is 1.34. The summed E-state index contributed by atoms with van der Waals surface area (Å²) in [5, 5.41) is 3.50. The topological polar surface area (TPSA) is 41.6 Å². The number of halogens is 1. The number of carbonyl (C=O) groups is 1. The first-order valence-electron chi connectivity index (χ1n) is 9.09. The normalized spacial score (nSPS) is 22.6. The van der Waals surface area contributed by atoms with Crippen molar-refractivity contribution >= 4 is 23.2 Å². The van der Waals surface area contributed by atoms with Crippen LogP contribution >= 0.6 is 11.6 Å². The van der Waals surface area contributed by atoms with Gasteiger partial charge in [0.1, 0.15) is 0 Å². The van der Waals surface area contributed by atoms with Crippen LogP contribution in [0.25, 0.3) is 0 Å². The van der Waals surface area contributed by atoms with Crippen molar-refractivity contribution in [3.8, 4) is 0 Å². The van der Waals surface area contributed by atoms with Crippen LogP contribution in [0.15, 0.2) is 24.3 Å². The Bertz CT molecular complexity index is 538. The molecule has 1 N–H and O–H groups in total. The van der Waals surface area contributed by atoms with Gasteiger partial charge < -0.3 is 15.0 Å². The first-order chi connectivity index (χ1) is 11.7. The van der Waals surface area contributed by atoms with Gasteiger partial charge in [0, 0.05) is 19.6 Å². The first-order valence-corrected chi connectivity index (χ1v) is 9.47. The van der Waals surface area contributed by atoms with E-state index in [1.165, 1.54) is 25.7 Å². The summed E-state index contributed by atoms with van der Waals surface area (Å²) < 4.78 is 5.72. The molecule has 1 atom stereocenters. The Kier molecular flexibility index (Phi) is 6.52.